The third-order valence-corrected chi connectivity index (χ3v) is 7.23. The van der Waals surface area contributed by atoms with Gasteiger partial charge in [-0.3, -0.25) is 9.59 Å². The zero-order valence-corrected chi connectivity index (χ0v) is 21.9. The maximum absolute atomic E-state index is 13.8. The number of benzene rings is 2. The van der Waals surface area contributed by atoms with Gasteiger partial charge in [0.2, 0.25) is 5.91 Å². The molecule has 3 heterocycles. The number of piperazine rings is 1. The lowest BCUT2D eigenvalue weighted by Gasteiger charge is -2.30. The molecule has 0 unspecified atom stereocenters. The van der Waals surface area contributed by atoms with Crippen LogP contribution in [0.15, 0.2) is 60.9 Å². The molecule has 198 valence electrons. The van der Waals surface area contributed by atoms with E-state index in [1.165, 1.54) is 0 Å². The Hall–Kier alpha value is -3.89. The standard InChI is InChI=1S/C27H30ClN7O3/c1-19-17-34(26(37)22-8-7-21(15-23(22)28)35-12-4-9-31-35)24-6-3-2-5-20(24)18-33(19)27(38)30-16-25(36)32-13-10-29-11-14-32/h2-9,12,15,19,29H,10-11,13-14,16-18H2,1H3,(H,30,38)/t19-/m1/s1. The van der Waals surface area contributed by atoms with Crippen LogP contribution in [0.5, 0.6) is 0 Å². The van der Waals surface area contributed by atoms with Gasteiger partial charge in [0.25, 0.3) is 5.91 Å². The molecule has 1 aromatic heterocycles. The van der Waals surface area contributed by atoms with Crippen LogP contribution in [-0.2, 0) is 11.3 Å². The maximum Gasteiger partial charge on any atom is 0.318 e. The number of nitrogens with zero attached hydrogens (tertiary/aromatic N) is 5. The molecule has 0 bridgehead atoms. The molecular weight excluding hydrogens is 506 g/mol. The van der Waals surface area contributed by atoms with Crippen molar-refractivity contribution in [1.29, 1.82) is 0 Å². The van der Waals surface area contributed by atoms with Gasteiger partial charge < -0.3 is 25.3 Å². The predicted octanol–water partition coefficient (Wildman–Crippen LogP) is 2.52. The summed E-state index contributed by atoms with van der Waals surface area (Å²) in [5.41, 5.74) is 2.67. The van der Waals surface area contributed by atoms with Gasteiger partial charge in [-0.25, -0.2) is 9.48 Å². The normalized spacial score (nSPS) is 17.5. The number of para-hydroxylation sites is 1. The lowest BCUT2D eigenvalue weighted by Crippen LogP contribution is -2.52. The lowest BCUT2D eigenvalue weighted by atomic mass is 10.1. The first-order chi connectivity index (χ1) is 18.4. The molecule has 4 amide bonds. The van der Waals surface area contributed by atoms with Crippen LogP contribution < -0.4 is 15.5 Å². The van der Waals surface area contributed by atoms with Crippen molar-refractivity contribution < 1.29 is 14.4 Å². The Morgan fingerprint density at radius 2 is 1.89 bits per heavy atom. The summed E-state index contributed by atoms with van der Waals surface area (Å²) < 4.78 is 1.67. The fourth-order valence-electron chi connectivity index (χ4n) is 4.84. The smallest absolute Gasteiger partial charge is 0.318 e. The van der Waals surface area contributed by atoms with E-state index in [-0.39, 0.29) is 37.0 Å². The first kappa shape index (κ1) is 25.7. The fraction of sp³-hybridized carbons (Fsp3) is 0.333. The van der Waals surface area contributed by atoms with E-state index >= 15 is 0 Å². The van der Waals surface area contributed by atoms with E-state index < -0.39 is 0 Å². The highest BCUT2D eigenvalue weighted by molar-refractivity contribution is 6.34. The van der Waals surface area contributed by atoms with Crippen LogP contribution in [0.3, 0.4) is 0 Å². The Balaban J connectivity index is 1.34. The predicted molar refractivity (Wildman–Crippen MR) is 145 cm³/mol. The topological polar surface area (TPSA) is 103 Å². The molecular formula is C27H30ClN7O3. The van der Waals surface area contributed by atoms with Crippen LogP contribution in [-0.4, -0.2) is 82.7 Å². The van der Waals surface area contributed by atoms with E-state index in [0.717, 1.165) is 30.0 Å². The molecule has 2 N–H and O–H groups in total. The number of anilines is 1. The van der Waals surface area contributed by atoms with E-state index in [1.54, 1.807) is 50.0 Å². The number of urea groups is 1. The van der Waals surface area contributed by atoms with Crippen LogP contribution >= 0.6 is 11.6 Å². The molecule has 38 heavy (non-hydrogen) atoms. The number of carbonyl (C=O) groups is 3. The summed E-state index contributed by atoms with van der Waals surface area (Å²) in [6.07, 6.45) is 3.47. The number of hydrogen-bond donors (Lipinski definition) is 2. The van der Waals surface area contributed by atoms with E-state index in [9.17, 15) is 14.4 Å². The Labute approximate surface area is 226 Å². The van der Waals surface area contributed by atoms with E-state index in [2.05, 4.69) is 15.7 Å². The minimum Gasteiger partial charge on any atom is -0.339 e. The average Bonchev–Trinajstić information content (AvgIpc) is 3.44. The van der Waals surface area contributed by atoms with Gasteiger partial charge in [0.1, 0.15) is 0 Å². The number of hydrogen-bond acceptors (Lipinski definition) is 5. The minimum atomic E-state index is -0.341. The fourth-order valence-corrected chi connectivity index (χ4v) is 5.09. The largest absolute Gasteiger partial charge is 0.339 e. The van der Waals surface area contributed by atoms with E-state index in [1.807, 2.05) is 37.3 Å². The zero-order valence-electron chi connectivity index (χ0n) is 21.1. The first-order valence-corrected chi connectivity index (χ1v) is 13.0. The number of carbonyl (C=O) groups excluding carboxylic acids is 3. The molecule has 1 saturated heterocycles. The zero-order chi connectivity index (χ0) is 26.6. The monoisotopic (exact) mass is 535 g/mol. The molecule has 1 atom stereocenters. The van der Waals surface area contributed by atoms with Crippen LogP contribution in [0, 0.1) is 0 Å². The van der Waals surface area contributed by atoms with Gasteiger partial charge in [-0.15, -0.1) is 0 Å². The Morgan fingerprint density at radius 3 is 2.63 bits per heavy atom. The summed E-state index contributed by atoms with van der Waals surface area (Å²) >= 11 is 6.58. The summed E-state index contributed by atoms with van der Waals surface area (Å²) in [7, 11) is 0. The molecule has 0 saturated carbocycles. The van der Waals surface area contributed by atoms with E-state index in [4.69, 9.17) is 11.6 Å². The molecule has 1 fully saturated rings. The number of halogens is 1. The molecule has 0 aliphatic carbocycles. The molecule has 0 spiro atoms. The number of aromatic nitrogens is 2. The second kappa shape index (κ2) is 11.2. The Morgan fingerprint density at radius 1 is 1.11 bits per heavy atom. The molecule has 10 nitrogen and oxygen atoms in total. The summed E-state index contributed by atoms with van der Waals surface area (Å²) in [6.45, 7) is 5.16. The highest BCUT2D eigenvalue weighted by Crippen LogP contribution is 2.30. The van der Waals surface area contributed by atoms with Crippen molar-refractivity contribution in [2.24, 2.45) is 0 Å². The van der Waals surface area contributed by atoms with Crippen molar-refractivity contribution in [3.8, 4) is 5.69 Å². The Bertz CT molecular complexity index is 1320. The number of nitrogens with one attached hydrogen (secondary N) is 2. The van der Waals surface area contributed by atoms with Crippen LogP contribution in [0.25, 0.3) is 5.69 Å². The van der Waals surface area contributed by atoms with Crippen LogP contribution in [0.4, 0.5) is 10.5 Å². The molecule has 11 heteroatoms. The quantitative estimate of drug-likeness (QED) is 0.534. The summed E-state index contributed by atoms with van der Waals surface area (Å²) in [5.74, 6) is -0.356. The van der Waals surface area contributed by atoms with Crippen molar-refractivity contribution in [2.75, 3.05) is 44.2 Å². The maximum atomic E-state index is 13.8. The Kier molecular flexibility index (Phi) is 7.62. The van der Waals surface area contributed by atoms with Crippen LogP contribution in [0.2, 0.25) is 5.02 Å². The van der Waals surface area contributed by atoms with Gasteiger partial charge >= 0.3 is 6.03 Å². The van der Waals surface area contributed by atoms with Gasteiger partial charge in [0, 0.05) is 63.4 Å². The number of rotatable bonds is 4. The highest BCUT2D eigenvalue weighted by Gasteiger charge is 2.32. The highest BCUT2D eigenvalue weighted by atomic mass is 35.5. The van der Waals surface area contributed by atoms with Crippen LogP contribution in [0.1, 0.15) is 22.8 Å². The molecule has 2 aliphatic rings. The van der Waals surface area contributed by atoms with Gasteiger partial charge in [-0.2, -0.15) is 5.10 Å². The molecule has 2 aromatic carbocycles. The van der Waals surface area contributed by atoms with Crippen molar-refractivity contribution in [1.82, 2.24) is 30.2 Å². The van der Waals surface area contributed by atoms with Crippen molar-refractivity contribution in [3.63, 3.8) is 0 Å². The van der Waals surface area contributed by atoms with Crippen molar-refractivity contribution >= 4 is 35.1 Å². The van der Waals surface area contributed by atoms with Crippen molar-refractivity contribution in [2.45, 2.75) is 19.5 Å². The average molecular weight is 536 g/mol. The van der Waals surface area contributed by atoms with Gasteiger partial charge in [0.05, 0.1) is 22.8 Å². The minimum absolute atomic E-state index is 0.0649. The van der Waals surface area contributed by atoms with Crippen molar-refractivity contribution in [3.05, 3.63) is 77.1 Å². The third-order valence-electron chi connectivity index (χ3n) is 6.92. The first-order valence-electron chi connectivity index (χ1n) is 12.6. The summed E-state index contributed by atoms with van der Waals surface area (Å²) in [6, 6.07) is 13.9. The second-order valence-electron chi connectivity index (χ2n) is 9.43. The SMILES string of the molecule is C[C@@H]1CN(C(=O)c2ccc(-n3cccn3)cc2Cl)c2ccccc2CN1C(=O)NCC(=O)N1CCNCC1. The van der Waals surface area contributed by atoms with Gasteiger partial charge in [-0.05, 0) is 42.8 Å². The lowest BCUT2D eigenvalue weighted by molar-refractivity contribution is -0.130. The van der Waals surface area contributed by atoms with Gasteiger partial charge in [0.15, 0.2) is 0 Å². The molecule has 3 aromatic rings. The number of amides is 4. The summed E-state index contributed by atoms with van der Waals surface area (Å²) in [4.78, 5) is 44.6. The molecule has 5 rings (SSSR count). The molecule has 2 aliphatic heterocycles. The van der Waals surface area contributed by atoms with E-state index in [0.29, 0.717) is 30.2 Å². The summed E-state index contributed by atoms with van der Waals surface area (Å²) in [5, 5.41) is 10.5. The second-order valence-corrected chi connectivity index (χ2v) is 9.83. The third kappa shape index (κ3) is 5.36. The van der Waals surface area contributed by atoms with Gasteiger partial charge in [-0.1, -0.05) is 29.8 Å². The molecule has 0 radical (unpaired) electrons. The number of fused-ring (bicyclic) bond motifs is 1.